The highest BCUT2D eigenvalue weighted by Gasteiger charge is 2.14. The highest BCUT2D eigenvalue weighted by molar-refractivity contribution is 6.32. The van der Waals surface area contributed by atoms with Gasteiger partial charge in [-0.2, -0.15) is 0 Å². The Balaban J connectivity index is 2.30. The second-order valence-corrected chi connectivity index (χ2v) is 4.11. The zero-order valence-corrected chi connectivity index (χ0v) is 10.9. The Bertz CT molecular complexity index is 617. The van der Waals surface area contributed by atoms with E-state index in [2.05, 4.69) is 10.3 Å². The van der Waals surface area contributed by atoms with Crippen molar-refractivity contribution >= 4 is 28.9 Å². The van der Waals surface area contributed by atoms with Crippen molar-refractivity contribution in [1.29, 1.82) is 0 Å². The number of hydrogen-bond acceptors (Lipinski definition) is 4. The molecule has 19 heavy (non-hydrogen) atoms. The Morgan fingerprint density at radius 3 is 2.89 bits per heavy atom. The van der Waals surface area contributed by atoms with Crippen LogP contribution in [0.1, 0.15) is 10.4 Å². The van der Waals surface area contributed by atoms with Crippen LogP contribution in [-0.2, 0) is 0 Å². The summed E-state index contributed by atoms with van der Waals surface area (Å²) in [6.07, 6.45) is 1.54. The first-order valence-electron chi connectivity index (χ1n) is 5.47. The molecule has 0 saturated carbocycles. The molecule has 0 unspecified atom stereocenters. The monoisotopic (exact) mass is 277 g/mol. The Kier molecular flexibility index (Phi) is 3.87. The van der Waals surface area contributed by atoms with Crippen LogP contribution in [0.15, 0.2) is 36.5 Å². The molecule has 0 bridgehead atoms. The van der Waals surface area contributed by atoms with E-state index in [4.69, 9.17) is 22.1 Å². The van der Waals surface area contributed by atoms with Crippen molar-refractivity contribution in [2.24, 2.45) is 0 Å². The lowest BCUT2D eigenvalue weighted by Crippen LogP contribution is -2.14. The topological polar surface area (TPSA) is 77.2 Å². The Morgan fingerprint density at radius 2 is 2.21 bits per heavy atom. The number of methoxy groups -OCH3 is 1. The molecule has 0 aliphatic rings. The normalized spacial score (nSPS) is 10.0. The molecule has 0 atom stereocenters. The van der Waals surface area contributed by atoms with Gasteiger partial charge in [-0.3, -0.25) is 4.79 Å². The van der Waals surface area contributed by atoms with Gasteiger partial charge in [0.2, 0.25) is 0 Å². The number of carbonyl (C=O) groups excluding carboxylic acids is 1. The van der Waals surface area contributed by atoms with Gasteiger partial charge in [-0.15, -0.1) is 0 Å². The number of nitrogens with zero attached hydrogens (tertiary/aromatic N) is 1. The van der Waals surface area contributed by atoms with Gasteiger partial charge in [0.15, 0.2) is 5.15 Å². The van der Waals surface area contributed by atoms with E-state index in [-0.39, 0.29) is 11.1 Å². The number of hydrogen-bond donors (Lipinski definition) is 2. The number of anilines is 2. The number of aromatic nitrogens is 1. The van der Waals surface area contributed by atoms with E-state index >= 15 is 0 Å². The summed E-state index contributed by atoms with van der Waals surface area (Å²) in [5, 5.41) is 2.88. The van der Waals surface area contributed by atoms with E-state index in [0.717, 1.165) is 0 Å². The summed E-state index contributed by atoms with van der Waals surface area (Å²) >= 11 is 5.88. The average Bonchev–Trinajstić information content (AvgIpc) is 2.41. The molecule has 0 aliphatic heterocycles. The molecule has 0 fully saturated rings. The number of carbonyl (C=O) groups is 1. The lowest BCUT2D eigenvalue weighted by Gasteiger charge is -2.10. The van der Waals surface area contributed by atoms with Crippen LogP contribution in [0.25, 0.3) is 0 Å². The van der Waals surface area contributed by atoms with Gasteiger partial charge in [0.25, 0.3) is 5.91 Å². The van der Waals surface area contributed by atoms with Gasteiger partial charge in [0.05, 0.1) is 18.4 Å². The third-order valence-electron chi connectivity index (χ3n) is 2.48. The predicted molar refractivity (Wildman–Crippen MR) is 74.6 cm³/mol. The highest BCUT2D eigenvalue weighted by atomic mass is 35.5. The van der Waals surface area contributed by atoms with E-state index in [1.54, 1.807) is 36.5 Å². The van der Waals surface area contributed by atoms with E-state index in [1.807, 2.05) is 0 Å². The number of amides is 1. The molecule has 3 N–H and O–H groups in total. The number of ether oxygens (including phenoxy) is 1. The first-order chi connectivity index (χ1) is 9.11. The smallest absolute Gasteiger partial charge is 0.259 e. The number of nitrogen functional groups attached to an aromatic ring is 1. The maximum absolute atomic E-state index is 12.2. The van der Waals surface area contributed by atoms with Crippen LogP contribution in [0, 0.1) is 0 Å². The summed E-state index contributed by atoms with van der Waals surface area (Å²) in [6.45, 7) is 0. The molecule has 2 aromatic rings. The maximum Gasteiger partial charge on any atom is 0.259 e. The van der Waals surface area contributed by atoms with Crippen LogP contribution in [0.5, 0.6) is 5.75 Å². The van der Waals surface area contributed by atoms with Crippen LogP contribution in [0.3, 0.4) is 0 Å². The van der Waals surface area contributed by atoms with Gasteiger partial charge in [-0.05, 0) is 30.3 Å². The number of nitrogens with one attached hydrogen (secondary N) is 1. The van der Waals surface area contributed by atoms with Crippen molar-refractivity contribution in [3.05, 3.63) is 47.2 Å². The number of pyridine rings is 1. The molecule has 0 spiro atoms. The molecule has 0 radical (unpaired) electrons. The Labute approximate surface area is 115 Å². The van der Waals surface area contributed by atoms with Gasteiger partial charge < -0.3 is 15.8 Å². The molecule has 0 aliphatic carbocycles. The average molecular weight is 278 g/mol. The van der Waals surface area contributed by atoms with Gasteiger partial charge in [-0.1, -0.05) is 11.6 Å². The quantitative estimate of drug-likeness (QED) is 0.668. The van der Waals surface area contributed by atoms with Crippen LogP contribution >= 0.6 is 11.6 Å². The van der Waals surface area contributed by atoms with Crippen molar-refractivity contribution in [3.8, 4) is 5.75 Å². The molecule has 98 valence electrons. The minimum atomic E-state index is -0.362. The molecular formula is C13H12ClN3O2. The largest absolute Gasteiger partial charge is 0.496 e. The maximum atomic E-state index is 12.2. The van der Waals surface area contributed by atoms with E-state index in [0.29, 0.717) is 22.7 Å². The molecular weight excluding hydrogens is 266 g/mol. The molecule has 1 heterocycles. The summed E-state index contributed by atoms with van der Waals surface area (Å²) in [5.74, 6) is 0.0748. The molecule has 2 rings (SSSR count). The molecule has 1 aromatic heterocycles. The number of rotatable bonds is 3. The summed E-state index contributed by atoms with van der Waals surface area (Å²) < 4.78 is 5.12. The van der Waals surface area contributed by atoms with E-state index < -0.39 is 0 Å². The standard InChI is InChI=1S/C13H12ClN3O2/c1-19-11-5-4-8(15)7-9(11)13(18)17-10-3-2-6-16-12(10)14/h2-7H,15H2,1H3,(H,17,18). The van der Waals surface area contributed by atoms with Crippen LogP contribution in [0.2, 0.25) is 5.15 Å². The molecule has 6 heteroatoms. The fourth-order valence-electron chi connectivity index (χ4n) is 1.57. The summed E-state index contributed by atoms with van der Waals surface area (Å²) in [6, 6.07) is 8.17. The summed E-state index contributed by atoms with van der Waals surface area (Å²) in [7, 11) is 1.49. The van der Waals surface area contributed by atoms with Crippen molar-refractivity contribution in [2.75, 3.05) is 18.2 Å². The minimum absolute atomic E-state index is 0.221. The van der Waals surface area contributed by atoms with Crippen LogP contribution in [0.4, 0.5) is 11.4 Å². The fourth-order valence-corrected chi connectivity index (χ4v) is 1.74. The number of nitrogens with two attached hydrogens (primary N) is 1. The summed E-state index contributed by atoms with van der Waals surface area (Å²) in [5.41, 5.74) is 6.91. The van der Waals surface area contributed by atoms with Gasteiger partial charge in [0.1, 0.15) is 5.75 Å². The van der Waals surface area contributed by atoms with Crippen molar-refractivity contribution in [1.82, 2.24) is 4.98 Å². The molecule has 0 saturated heterocycles. The third kappa shape index (κ3) is 2.95. The summed E-state index contributed by atoms with van der Waals surface area (Å²) in [4.78, 5) is 16.0. The van der Waals surface area contributed by atoms with Crippen LogP contribution in [-0.4, -0.2) is 18.0 Å². The molecule has 1 aromatic carbocycles. The van der Waals surface area contributed by atoms with Gasteiger partial charge >= 0.3 is 0 Å². The zero-order valence-electron chi connectivity index (χ0n) is 10.2. The van der Waals surface area contributed by atoms with Crippen molar-refractivity contribution < 1.29 is 9.53 Å². The first kappa shape index (κ1) is 13.2. The second-order valence-electron chi connectivity index (χ2n) is 3.76. The second kappa shape index (κ2) is 5.58. The number of benzene rings is 1. The minimum Gasteiger partial charge on any atom is -0.496 e. The highest BCUT2D eigenvalue weighted by Crippen LogP contribution is 2.24. The van der Waals surface area contributed by atoms with Gasteiger partial charge in [0, 0.05) is 11.9 Å². The van der Waals surface area contributed by atoms with E-state index in [9.17, 15) is 4.79 Å². The van der Waals surface area contributed by atoms with Crippen molar-refractivity contribution in [2.45, 2.75) is 0 Å². The first-order valence-corrected chi connectivity index (χ1v) is 5.85. The lowest BCUT2D eigenvalue weighted by molar-refractivity contribution is 0.102. The Hall–Kier alpha value is -2.27. The van der Waals surface area contributed by atoms with Crippen LogP contribution < -0.4 is 15.8 Å². The SMILES string of the molecule is COc1ccc(N)cc1C(=O)Nc1cccnc1Cl. The van der Waals surface area contributed by atoms with Gasteiger partial charge in [-0.25, -0.2) is 4.98 Å². The Morgan fingerprint density at radius 1 is 1.42 bits per heavy atom. The predicted octanol–water partition coefficient (Wildman–Crippen LogP) is 2.58. The van der Waals surface area contributed by atoms with E-state index in [1.165, 1.54) is 7.11 Å². The number of halogens is 1. The lowest BCUT2D eigenvalue weighted by atomic mass is 10.1. The zero-order chi connectivity index (χ0) is 13.8. The molecule has 1 amide bonds. The fraction of sp³-hybridized carbons (Fsp3) is 0.0769. The third-order valence-corrected chi connectivity index (χ3v) is 2.78. The molecule has 5 nitrogen and oxygen atoms in total. The van der Waals surface area contributed by atoms with Crippen molar-refractivity contribution in [3.63, 3.8) is 0 Å².